The van der Waals surface area contributed by atoms with Crippen molar-refractivity contribution >= 4 is 23.8 Å². The Morgan fingerprint density at radius 2 is 0.778 bits per heavy atom. The second kappa shape index (κ2) is 21.3. The molecule has 6 nitrogen and oxygen atoms in total. The summed E-state index contributed by atoms with van der Waals surface area (Å²) in [5.74, 6) is -0.00303. The maximum atomic E-state index is 11.4. The van der Waals surface area contributed by atoms with Crippen molar-refractivity contribution in [3.63, 3.8) is 0 Å². The predicted molar refractivity (Wildman–Crippen MR) is 177 cm³/mol. The minimum Gasteiger partial charge on any atom is -0.872 e. The molecule has 2 heterocycles. The molecular weight excluding hydrogens is 603 g/mol. The summed E-state index contributed by atoms with van der Waals surface area (Å²) >= 11 is 0. The minimum absolute atomic E-state index is 0. The summed E-state index contributed by atoms with van der Waals surface area (Å²) < 4.78 is 0. The summed E-state index contributed by atoms with van der Waals surface area (Å²) in [4.78, 5) is 16.1. The van der Waals surface area contributed by atoms with Crippen LogP contribution in [0.2, 0.25) is 0 Å². The van der Waals surface area contributed by atoms with E-state index in [0.29, 0.717) is 11.1 Å². The second-order valence-corrected chi connectivity index (χ2v) is 9.31. The fourth-order valence-electron chi connectivity index (χ4n) is 3.35. The molecular formula is C38H34CoN4O2. The van der Waals surface area contributed by atoms with Gasteiger partial charge in [0.25, 0.3) is 0 Å². The Morgan fingerprint density at radius 3 is 1.04 bits per heavy atom. The van der Waals surface area contributed by atoms with E-state index < -0.39 is 0 Å². The van der Waals surface area contributed by atoms with Gasteiger partial charge >= 0.3 is 16.8 Å². The van der Waals surface area contributed by atoms with E-state index in [1.165, 1.54) is 23.3 Å². The van der Waals surface area contributed by atoms with E-state index >= 15 is 0 Å². The summed E-state index contributed by atoms with van der Waals surface area (Å²) in [6, 6.07) is 40.9. The maximum absolute atomic E-state index is 11.4. The quantitative estimate of drug-likeness (QED) is 0.184. The van der Waals surface area contributed by atoms with Crippen LogP contribution in [0.4, 0.5) is 11.4 Å². The predicted octanol–water partition coefficient (Wildman–Crippen LogP) is 7.80. The van der Waals surface area contributed by atoms with Crippen molar-refractivity contribution < 1.29 is 27.0 Å². The molecule has 0 saturated heterocycles. The number of aromatic nitrogens is 2. The number of hydrogen-bond acceptors (Lipinski definition) is 6. The number of para-hydroxylation sites is 2. The van der Waals surface area contributed by atoms with Gasteiger partial charge in [-0.25, -0.2) is 0 Å². The Bertz CT molecular complexity index is 1500. The SMILES string of the molecule is Cc1ccc(N=Cc2ccccc2[O-])cc1.Cc1ccc(N=Cc2ccccc2[O-])cc1.[Co+2].c1ccncc1.c1ccncc1. The summed E-state index contributed by atoms with van der Waals surface area (Å²) in [5, 5.41) is 22.8. The van der Waals surface area contributed by atoms with Crippen LogP contribution >= 0.6 is 0 Å². The number of nitrogens with zero attached hydrogens (tertiary/aromatic N) is 4. The third-order valence-corrected chi connectivity index (χ3v) is 5.74. The van der Waals surface area contributed by atoms with E-state index in [0.717, 1.165) is 11.4 Å². The van der Waals surface area contributed by atoms with Crippen molar-refractivity contribution in [2.75, 3.05) is 0 Å². The van der Waals surface area contributed by atoms with Crippen molar-refractivity contribution in [2.24, 2.45) is 9.98 Å². The van der Waals surface area contributed by atoms with Gasteiger partial charge in [-0.15, -0.1) is 11.5 Å². The first-order chi connectivity index (χ1) is 21.5. The van der Waals surface area contributed by atoms with Crippen molar-refractivity contribution in [3.8, 4) is 11.5 Å². The van der Waals surface area contributed by atoms with Gasteiger partial charge in [-0.1, -0.05) is 96.1 Å². The molecule has 4 aromatic carbocycles. The molecule has 0 N–H and O–H groups in total. The van der Waals surface area contributed by atoms with Gasteiger partial charge in [-0.05, 0) is 73.5 Å². The zero-order valence-electron chi connectivity index (χ0n) is 25.1. The summed E-state index contributed by atoms with van der Waals surface area (Å²) in [6.45, 7) is 4.06. The van der Waals surface area contributed by atoms with Crippen LogP contribution in [-0.2, 0) is 16.8 Å². The van der Waals surface area contributed by atoms with Gasteiger partial charge in [-0.2, -0.15) is 0 Å². The van der Waals surface area contributed by atoms with E-state index in [2.05, 4.69) is 20.0 Å². The number of rotatable bonds is 4. The molecule has 2 aromatic heterocycles. The Morgan fingerprint density at radius 1 is 0.444 bits per heavy atom. The first-order valence-electron chi connectivity index (χ1n) is 13.9. The van der Waals surface area contributed by atoms with Crippen molar-refractivity contribution in [2.45, 2.75) is 13.8 Å². The second-order valence-electron chi connectivity index (χ2n) is 9.31. The smallest absolute Gasteiger partial charge is 0.872 e. The van der Waals surface area contributed by atoms with Crippen LogP contribution in [-0.4, -0.2) is 22.4 Å². The number of aliphatic imine (C=N–C) groups is 2. The van der Waals surface area contributed by atoms with E-state index in [9.17, 15) is 10.2 Å². The number of benzene rings is 4. The van der Waals surface area contributed by atoms with E-state index in [1.54, 1.807) is 61.5 Å². The molecule has 7 heteroatoms. The van der Waals surface area contributed by atoms with Crippen LogP contribution in [0.3, 0.4) is 0 Å². The van der Waals surface area contributed by atoms with Crippen molar-refractivity contribution in [1.82, 2.24) is 9.97 Å². The van der Waals surface area contributed by atoms with Gasteiger partial charge in [0.2, 0.25) is 0 Å². The van der Waals surface area contributed by atoms with E-state index in [1.807, 2.05) is 111 Å². The molecule has 0 atom stereocenters. The van der Waals surface area contributed by atoms with Gasteiger partial charge in [0.05, 0.1) is 11.4 Å². The molecule has 0 bridgehead atoms. The third kappa shape index (κ3) is 15.1. The van der Waals surface area contributed by atoms with Gasteiger partial charge < -0.3 is 10.2 Å². The van der Waals surface area contributed by atoms with Gasteiger partial charge in [0.1, 0.15) is 0 Å². The van der Waals surface area contributed by atoms with Gasteiger partial charge in [0.15, 0.2) is 0 Å². The molecule has 1 radical (unpaired) electrons. The Hall–Kier alpha value is -5.37. The average Bonchev–Trinajstić information content (AvgIpc) is 3.08. The third-order valence-electron chi connectivity index (χ3n) is 5.74. The fraction of sp³-hybridized carbons (Fsp3) is 0.0526. The summed E-state index contributed by atoms with van der Waals surface area (Å²) in [5.41, 5.74) is 5.33. The fourth-order valence-corrected chi connectivity index (χ4v) is 3.35. The number of aryl methyl sites for hydroxylation is 2. The van der Waals surface area contributed by atoms with E-state index in [-0.39, 0.29) is 28.3 Å². The molecule has 0 saturated carbocycles. The molecule has 0 aliphatic carbocycles. The molecule has 6 aromatic rings. The van der Waals surface area contributed by atoms with Crippen molar-refractivity contribution in [1.29, 1.82) is 0 Å². The topological polar surface area (TPSA) is 96.6 Å². The first-order valence-corrected chi connectivity index (χ1v) is 13.9. The number of pyridine rings is 2. The van der Waals surface area contributed by atoms with Crippen LogP contribution in [0.5, 0.6) is 11.5 Å². The molecule has 0 aliphatic heterocycles. The Kier molecular flexibility index (Phi) is 17.0. The largest absolute Gasteiger partial charge is 2.00 e. The van der Waals surface area contributed by atoms with Crippen LogP contribution in [0.25, 0.3) is 0 Å². The van der Waals surface area contributed by atoms with Crippen LogP contribution in [0, 0.1) is 13.8 Å². The zero-order valence-corrected chi connectivity index (χ0v) is 26.1. The average molecular weight is 638 g/mol. The molecule has 0 unspecified atom stereocenters. The Labute approximate surface area is 275 Å². The van der Waals surface area contributed by atoms with Crippen molar-refractivity contribution in [3.05, 3.63) is 181 Å². The van der Waals surface area contributed by atoms with Crippen LogP contribution < -0.4 is 10.2 Å². The maximum Gasteiger partial charge on any atom is 2.00 e. The van der Waals surface area contributed by atoms with Crippen LogP contribution in [0.1, 0.15) is 22.3 Å². The molecule has 0 spiro atoms. The first kappa shape index (κ1) is 35.8. The molecule has 45 heavy (non-hydrogen) atoms. The molecule has 0 aliphatic rings. The van der Waals surface area contributed by atoms with Crippen LogP contribution in [0.15, 0.2) is 168 Å². The zero-order chi connectivity index (χ0) is 31.2. The normalized spacial score (nSPS) is 9.82. The molecule has 6 rings (SSSR count). The standard InChI is InChI=1S/2C14H13NO.2C5H5N.Co/c2*1-11-6-8-13(9-7-11)15-10-12-4-2-3-5-14(12)16;2*1-2-4-6-5-3-1;/h2*2-10,16H,1H3;2*1-5H;/q;;;;+2/p-2. The monoisotopic (exact) mass is 637 g/mol. The molecule has 227 valence electrons. The van der Waals surface area contributed by atoms with E-state index in [4.69, 9.17) is 0 Å². The number of hydrogen-bond donors (Lipinski definition) is 0. The Balaban J connectivity index is 0.000000227. The molecule has 0 amide bonds. The molecule has 0 fully saturated rings. The van der Waals surface area contributed by atoms with Gasteiger partial charge in [-0.3, -0.25) is 20.0 Å². The van der Waals surface area contributed by atoms with Gasteiger partial charge in [0, 0.05) is 37.2 Å². The summed E-state index contributed by atoms with van der Waals surface area (Å²) in [6.07, 6.45) is 10.2. The summed E-state index contributed by atoms with van der Waals surface area (Å²) in [7, 11) is 0. The minimum atomic E-state index is -0.00152.